The Morgan fingerprint density at radius 1 is 1.38 bits per heavy atom. The first-order valence-corrected chi connectivity index (χ1v) is 6.60. The molecule has 1 aromatic heterocycles. The molecule has 0 spiro atoms. The highest BCUT2D eigenvalue weighted by Crippen LogP contribution is 2.27. The fraction of sp³-hybridized carbons (Fsp3) is 0.214. The van der Waals surface area contributed by atoms with Crippen LogP contribution in [0.15, 0.2) is 30.6 Å². The van der Waals surface area contributed by atoms with Crippen molar-refractivity contribution in [2.24, 2.45) is 0 Å². The van der Waals surface area contributed by atoms with Crippen molar-refractivity contribution in [2.45, 2.75) is 19.6 Å². The lowest BCUT2D eigenvalue weighted by Crippen LogP contribution is -2.24. The lowest BCUT2D eigenvalue weighted by molar-refractivity contribution is -0.119. The summed E-state index contributed by atoms with van der Waals surface area (Å²) in [6.07, 6.45) is 2.21. The summed E-state index contributed by atoms with van der Waals surface area (Å²) in [5.74, 6) is -3.23. The fourth-order valence-corrected chi connectivity index (χ4v) is 1.81. The van der Waals surface area contributed by atoms with Gasteiger partial charge < -0.3 is 15.2 Å². The van der Waals surface area contributed by atoms with Gasteiger partial charge in [0, 0.05) is 12.3 Å². The van der Waals surface area contributed by atoms with Crippen molar-refractivity contribution in [3.05, 3.63) is 42.0 Å². The molecule has 0 saturated heterocycles. The van der Waals surface area contributed by atoms with Gasteiger partial charge in [-0.1, -0.05) is 0 Å². The van der Waals surface area contributed by atoms with Crippen molar-refractivity contribution >= 4 is 17.6 Å². The number of halogens is 3. The first-order chi connectivity index (χ1) is 11.3. The van der Waals surface area contributed by atoms with Gasteiger partial charge in [-0.25, -0.2) is 9.18 Å². The molecule has 2 rings (SSSR count). The molecule has 1 atom stereocenters. The van der Waals surface area contributed by atoms with Crippen LogP contribution in [0.2, 0.25) is 0 Å². The third-order valence-electron chi connectivity index (χ3n) is 3.04. The second-order valence-corrected chi connectivity index (χ2v) is 4.70. The zero-order valence-corrected chi connectivity index (χ0v) is 12.2. The monoisotopic (exact) mass is 343 g/mol. The van der Waals surface area contributed by atoms with Crippen LogP contribution in [-0.4, -0.2) is 33.4 Å². The summed E-state index contributed by atoms with van der Waals surface area (Å²) in [5, 5.41) is 14.9. The summed E-state index contributed by atoms with van der Waals surface area (Å²) >= 11 is 0. The number of alkyl halides is 2. The number of aromatic nitrogens is 2. The van der Waals surface area contributed by atoms with E-state index in [0.717, 1.165) is 29.2 Å². The average molecular weight is 343 g/mol. The summed E-state index contributed by atoms with van der Waals surface area (Å²) in [4.78, 5) is 23.0. The number of carboxylic acids is 1. The number of amides is 1. The second kappa shape index (κ2) is 7.02. The van der Waals surface area contributed by atoms with Gasteiger partial charge in [-0.05, 0) is 19.1 Å². The van der Waals surface area contributed by atoms with E-state index < -0.39 is 36.1 Å². The number of benzene rings is 1. The number of carbonyl (C=O) groups is 2. The third-order valence-corrected chi connectivity index (χ3v) is 3.04. The number of nitrogens with zero attached hydrogens (tertiary/aromatic N) is 2. The second-order valence-electron chi connectivity index (χ2n) is 4.70. The first-order valence-electron chi connectivity index (χ1n) is 6.60. The molecule has 10 heteroatoms. The Bertz CT molecular complexity index is 763. The molecule has 1 amide bonds. The van der Waals surface area contributed by atoms with E-state index in [4.69, 9.17) is 5.11 Å². The molecule has 0 radical (unpaired) electrons. The van der Waals surface area contributed by atoms with Crippen LogP contribution in [0, 0.1) is 5.82 Å². The number of ether oxygens (including phenoxy) is 1. The number of carboxylic acid groups (broad SMARTS) is 1. The molecular weight excluding hydrogens is 331 g/mol. The van der Waals surface area contributed by atoms with Crippen molar-refractivity contribution in [3.8, 4) is 5.75 Å². The van der Waals surface area contributed by atoms with Crippen LogP contribution < -0.4 is 10.1 Å². The zero-order valence-electron chi connectivity index (χ0n) is 12.2. The molecule has 1 heterocycles. The van der Waals surface area contributed by atoms with E-state index in [1.54, 1.807) is 0 Å². The molecule has 128 valence electrons. The van der Waals surface area contributed by atoms with Crippen molar-refractivity contribution in [1.29, 1.82) is 0 Å². The largest absolute Gasteiger partial charge is 0.478 e. The average Bonchev–Trinajstić information content (AvgIpc) is 2.98. The summed E-state index contributed by atoms with van der Waals surface area (Å²) in [7, 11) is 0. The smallest absolute Gasteiger partial charge is 0.387 e. The Morgan fingerprint density at radius 3 is 2.67 bits per heavy atom. The molecule has 1 unspecified atom stereocenters. The summed E-state index contributed by atoms with van der Waals surface area (Å²) in [6, 6.07) is 1.81. The molecule has 7 nitrogen and oxygen atoms in total. The van der Waals surface area contributed by atoms with Gasteiger partial charge in [0.25, 0.3) is 0 Å². The molecule has 0 bridgehead atoms. The molecule has 0 aliphatic carbocycles. The minimum Gasteiger partial charge on any atom is -0.478 e. The minimum absolute atomic E-state index is 0.113. The maximum Gasteiger partial charge on any atom is 0.387 e. The molecule has 0 fully saturated rings. The number of hydrogen-bond donors (Lipinski definition) is 2. The number of hydrogen-bond acceptors (Lipinski definition) is 4. The number of rotatable bonds is 6. The van der Waals surface area contributed by atoms with Gasteiger partial charge in [-0.3, -0.25) is 9.48 Å². The number of anilines is 1. The molecule has 0 aliphatic heterocycles. The van der Waals surface area contributed by atoms with Crippen molar-refractivity contribution < 1.29 is 32.6 Å². The van der Waals surface area contributed by atoms with Gasteiger partial charge >= 0.3 is 12.6 Å². The predicted molar refractivity (Wildman–Crippen MR) is 75.6 cm³/mol. The van der Waals surface area contributed by atoms with Crippen LogP contribution in [0.5, 0.6) is 5.75 Å². The van der Waals surface area contributed by atoms with Gasteiger partial charge in [0.05, 0.1) is 17.4 Å². The van der Waals surface area contributed by atoms with Crippen LogP contribution in [0.4, 0.5) is 18.9 Å². The Morgan fingerprint density at radius 2 is 2.08 bits per heavy atom. The molecule has 0 saturated carbocycles. The van der Waals surface area contributed by atoms with E-state index in [9.17, 15) is 22.8 Å². The van der Waals surface area contributed by atoms with Crippen molar-refractivity contribution in [2.75, 3.05) is 5.32 Å². The minimum atomic E-state index is -3.19. The first kappa shape index (κ1) is 17.3. The summed E-state index contributed by atoms with van der Waals surface area (Å²) in [6.45, 7) is -1.77. The maximum atomic E-state index is 13.1. The Kier molecular flexibility index (Phi) is 5.07. The molecule has 1 aromatic carbocycles. The topological polar surface area (TPSA) is 93.5 Å². The van der Waals surface area contributed by atoms with Crippen LogP contribution in [0.25, 0.3) is 0 Å². The van der Waals surface area contributed by atoms with Gasteiger partial charge in [0.1, 0.15) is 11.9 Å². The highest BCUT2D eigenvalue weighted by Gasteiger charge is 2.20. The standard InChI is InChI=1S/C14H12F3N3O4/c1-7(20-6-8(5-18-20)13(22)23)12(21)19-10-3-2-9(15)4-11(10)24-14(16)17/h2-7,14H,1H3,(H,19,21)(H,22,23). The van der Waals surface area contributed by atoms with Crippen LogP contribution in [0.3, 0.4) is 0 Å². The van der Waals surface area contributed by atoms with Gasteiger partial charge in [-0.15, -0.1) is 0 Å². The van der Waals surface area contributed by atoms with Crippen LogP contribution in [-0.2, 0) is 4.79 Å². The zero-order chi connectivity index (χ0) is 17.9. The normalized spacial score (nSPS) is 12.0. The van der Waals surface area contributed by atoms with E-state index in [1.807, 2.05) is 0 Å². The Balaban J connectivity index is 2.17. The molecular formula is C14H12F3N3O4. The van der Waals surface area contributed by atoms with Crippen LogP contribution >= 0.6 is 0 Å². The predicted octanol–water partition coefficient (Wildman–Crippen LogP) is 2.52. The van der Waals surface area contributed by atoms with E-state index in [-0.39, 0.29) is 11.3 Å². The lowest BCUT2D eigenvalue weighted by Gasteiger charge is -2.15. The quantitative estimate of drug-likeness (QED) is 0.841. The maximum absolute atomic E-state index is 13.1. The van der Waals surface area contributed by atoms with E-state index in [1.165, 1.54) is 6.92 Å². The van der Waals surface area contributed by atoms with Gasteiger partial charge in [0.2, 0.25) is 5.91 Å². The number of carbonyl (C=O) groups excluding carboxylic acids is 1. The van der Waals surface area contributed by atoms with E-state index in [0.29, 0.717) is 6.07 Å². The molecule has 24 heavy (non-hydrogen) atoms. The number of aromatic carboxylic acids is 1. The molecule has 0 aliphatic rings. The van der Waals surface area contributed by atoms with Gasteiger partial charge in [0.15, 0.2) is 5.75 Å². The van der Waals surface area contributed by atoms with E-state index >= 15 is 0 Å². The van der Waals surface area contributed by atoms with Crippen LogP contribution in [0.1, 0.15) is 23.3 Å². The number of nitrogens with one attached hydrogen (secondary N) is 1. The SMILES string of the molecule is CC(C(=O)Nc1ccc(F)cc1OC(F)F)n1cc(C(=O)O)cn1. The van der Waals surface area contributed by atoms with E-state index in [2.05, 4.69) is 15.2 Å². The summed E-state index contributed by atoms with van der Waals surface area (Å²) in [5.41, 5.74) is -0.266. The Labute approximate surface area is 133 Å². The fourth-order valence-electron chi connectivity index (χ4n) is 1.81. The highest BCUT2D eigenvalue weighted by molar-refractivity contribution is 5.95. The van der Waals surface area contributed by atoms with Crippen molar-refractivity contribution in [3.63, 3.8) is 0 Å². The summed E-state index contributed by atoms with van der Waals surface area (Å²) < 4.78 is 43.1. The molecule has 2 N–H and O–H groups in total. The lowest BCUT2D eigenvalue weighted by atomic mass is 10.2. The highest BCUT2D eigenvalue weighted by atomic mass is 19.3. The van der Waals surface area contributed by atoms with Gasteiger partial charge in [-0.2, -0.15) is 13.9 Å². The third kappa shape index (κ3) is 4.03. The molecule has 2 aromatic rings. The van der Waals surface area contributed by atoms with Crippen molar-refractivity contribution in [1.82, 2.24) is 9.78 Å². The Hall–Kier alpha value is -3.04.